The zero-order valence-corrected chi connectivity index (χ0v) is 17.2. The normalized spacial score (nSPS) is 19.9. The van der Waals surface area contributed by atoms with Gasteiger partial charge in [0, 0.05) is 39.3 Å². The van der Waals surface area contributed by atoms with Crippen LogP contribution in [-0.4, -0.2) is 72.0 Å². The van der Waals surface area contributed by atoms with Crippen molar-refractivity contribution in [3.05, 3.63) is 16.8 Å². The quantitative estimate of drug-likeness (QED) is 0.792. The molecule has 2 aromatic rings. The van der Waals surface area contributed by atoms with E-state index in [2.05, 4.69) is 33.7 Å². The summed E-state index contributed by atoms with van der Waals surface area (Å²) < 4.78 is 0. The number of piperazine rings is 1. The highest BCUT2D eigenvalue weighted by Crippen LogP contribution is 2.36. The molecule has 0 aromatic carbocycles. The van der Waals surface area contributed by atoms with Crippen LogP contribution in [0.25, 0.3) is 10.2 Å². The van der Waals surface area contributed by atoms with Crippen LogP contribution in [0.5, 0.6) is 0 Å². The fourth-order valence-electron chi connectivity index (χ4n) is 4.11. The Bertz CT molecular complexity index is 804. The van der Waals surface area contributed by atoms with Crippen LogP contribution in [0, 0.1) is 6.92 Å². The summed E-state index contributed by atoms with van der Waals surface area (Å²) in [5.41, 5.74) is 1.05. The third kappa shape index (κ3) is 3.80. The molecule has 2 aromatic heterocycles. The van der Waals surface area contributed by atoms with Gasteiger partial charge < -0.3 is 14.7 Å². The maximum Gasteiger partial charge on any atom is 0.264 e. The molecule has 0 radical (unpaired) electrons. The van der Waals surface area contributed by atoms with Crippen molar-refractivity contribution in [2.75, 3.05) is 51.2 Å². The minimum absolute atomic E-state index is 0.155. The van der Waals surface area contributed by atoms with E-state index in [4.69, 9.17) is 0 Å². The molecule has 0 atom stereocenters. The second-order valence-corrected chi connectivity index (χ2v) is 8.78. The number of anilines is 1. The summed E-state index contributed by atoms with van der Waals surface area (Å²) in [4.78, 5) is 30.7. The molecule has 1 amide bonds. The summed E-state index contributed by atoms with van der Waals surface area (Å²) in [7, 11) is 2.11. The first kappa shape index (κ1) is 18.6. The van der Waals surface area contributed by atoms with Gasteiger partial charge in [-0.25, -0.2) is 9.97 Å². The molecule has 4 rings (SSSR count). The molecule has 7 heteroatoms. The third-order valence-corrected chi connectivity index (χ3v) is 7.03. The number of hydrogen-bond donors (Lipinski definition) is 0. The monoisotopic (exact) mass is 387 g/mol. The first-order valence-corrected chi connectivity index (χ1v) is 10.9. The molecule has 2 aliphatic heterocycles. The second kappa shape index (κ2) is 8.10. The Morgan fingerprint density at radius 3 is 2.33 bits per heavy atom. The molecule has 2 fully saturated rings. The Kier molecular flexibility index (Phi) is 5.59. The van der Waals surface area contributed by atoms with Gasteiger partial charge in [-0.2, -0.15) is 0 Å². The van der Waals surface area contributed by atoms with Crippen molar-refractivity contribution in [2.45, 2.75) is 39.0 Å². The molecular formula is C20H29N5OS. The molecule has 0 aliphatic carbocycles. The molecule has 4 heterocycles. The lowest BCUT2D eigenvalue weighted by molar-refractivity contribution is 0.0668. The number of thiophene rings is 1. The van der Waals surface area contributed by atoms with E-state index in [9.17, 15) is 4.79 Å². The van der Waals surface area contributed by atoms with Crippen LogP contribution >= 0.6 is 11.3 Å². The molecule has 27 heavy (non-hydrogen) atoms. The van der Waals surface area contributed by atoms with E-state index in [1.54, 1.807) is 6.33 Å². The van der Waals surface area contributed by atoms with E-state index in [-0.39, 0.29) is 5.91 Å². The molecule has 6 nitrogen and oxygen atoms in total. The van der Waals surface area contributed by atoms with Crippen molar-refractivity contribution in [3.63, 3.8) is 0 Å². The molecule has 0 unspecified atom stereocenters. The number of carbonyl (C=O) groups is 1. The molecular weight excluding hydrogens is 358 g/mol. The molecule has 2 aliphatic rings. The fraction of sp³-hybridized carbons (Fsp3) is 0.650. The highest BCUT2D eigenvalue weighted by atomic mass is 32.1. The first-order valence-electron chi connectivity index (χ1n) is 10.1. The van der Waals surface area contributed by atoms with Gasteiger partial charge in [-0.3, -0.25) is 4.79 Å². The van der Waals surface area contributed by atoms with Crippen LogP contribution < -0.4 is 4.90 Å². The van der Waals surface area contributed by atoms with Gasteiger partial charge in [0.15, 0.2) is 0 Å². The number of aromatic nitrogens is 2. The highest BCUT2D eigenvalue weighted by Gasteiger charge is 2.26. The highest BCUT2D eigenvalue weighted by molar-refractivity contribution is 7.20. The van der Waals surface area contributed by atoms with Gasteiger partial charge in [-0.15, -0.1) is 11.3 Å². The maximum absolute atomic E-state index is 13.1. The number of rotatable bonds is 2. The summed E-state index contributed by atoms with van der Waals surface area (Å²) in [5.74, 6) is 1.18. The Morgan fingerprint density at radius 2 is 1.63 bits per heavy atom. The molecule has 146 valence electrons. The predicted molar refractivity (Wildman–Crippen MR) is 111 cm³/mol. The average Bonchev–Trinajstić information content (AvgIpc) is 2.99. The molecule has 0 spiro atoms. The SMILES string of the molecule is Cc1c(C(=O)N2CCN(C)CC2)sc2ncnc(N3CCCCCCC3)c12. The van der Waals surface area contributed by atoms with Crippen molar-refractivity contribution in [3.8, 4) is 0 Å². The number of aryl methyl sites for hydroxylation is 1. The van der Waals surface area contributed by atoms with E-state index in [0.29, 0.717) is 0 Å². The molecule has 2 saturated heterocycles. The number of fused-ring (bicyclic) bond motifs is 1. The molecule has 0 saturated carbocycles. The van der Waals surface area contributed by atoms with Crippen LogP contribution in [-0.2, 0) is 0 Å². The van der Waals surface area contributed by atoms with Crippen LogP contribution in [0.4, 0.5) is 5.82 Å². The summed E-state index contributed by atoms with van der Waals surface area (Å²) in [6.45, 7) is 7.63. The van der Waals surface area contributed by atoms with Gasteiger partial charge in [0.05, 0.1) is 10.3 Å². The van der Waals surface area contributed by atoms with Gasteiger partial charge in [-0.05, 0) is 32.4 Å². The van der Waals surface area contributed by atoms with Crippen molar-refractivity contribution in [2.24, 2.45) is 0 Å². The topological polar surface area (TPSA) is 52.6 Å². The van der Waals surface area contributed by atoms with Crippen LogP contribution in [0.1, 0.15) is 47.3 Å². The molecule has 0 bridgehead atoms. The summed E-state index contributed by atoms with van der Waals surface area (Å²) >= 11 is 1.53. The van der Waals surface area contributed by atoms with Crippen LogP contribution in [0.15, 0.2) is 6.33 Å². The lowest BCUT2D eigenvalue weighted by atomic mass is 10.1. The van der Waals surface area contributed by atoms with Crippen molar-refractivity contribution in [1.29, 1.82) is 0 Å². The Morgan fingerprint density at radius 1 is 0.963 bits per heavy atom. The van der Waals surface area contributed by atoms with Gasteiger partial charge in [0.2, 0.25) is 0 Å². The van der Waals surface area contributed by atoms with Crippen LogP contribution in [0.2, 0.25) is 0 Å². The van der Waals surface area contributed by atoms with Gasteiger partial charge in [0.25, 0.3) is 5.91 Å². The number of amides is 1. The summed E-state index contributed by atoms with van der Waals surface area (Å²) in [6, 6.07) is 0. The van der Waals surface area contributed by atoms with Crippen LogP contribution in [0.3, 0.4) is 0 Å². The Labute approximate surface area is 165 Å². The smallest absolute Gasteiger partial charge is 0.264 e. The number of carbonyl (C=O) groups excluding carboxylic acids is 1. The second-order valence-electron chi connectivity index (χ2n) is 7.78. The lowest BCUT2D eigenvalue weighted by Gasteiger charge is -2.32. The van der Waals surface area contributed by atoms with Crippen molar-refractivity contribution >= 4 is 33.3 Å². The van der Waals surface area contributed by atoms with E-state index in [0.717, 1.165) is 65.7 Å². The van der Waals surface area contributed by atoms with Gasteiger partial charge in [0.1, 0.15) is 17.0 Å². The van der Waals surface area contributed by atoms with Gasteiger partial charge >= 0.3 is 0 Å². The van der Waals surface area contributed by atoms with Crippen molar-refractivity contribution < 1.29 is 4.79 Å². The third-order valence-electron chi connectivity index (χ3n) is 5.85. The lowest BCUT2D eigenvalue weighted by Crippen LogP contribution is -2.47. The average molecular weight is 388 g/mol. The van der Waals surface area contributed by atoms with Gasteiger partial charge in [-0.1, -0.05) is 19.3 Å². The molecule has 0 N–H and O–H groups in total. The van der Waals surface area contributed by atoms with E-state index < -0.39 is 0 Å². The number of likely N-dealkylation sites (N-methyl/N-ethyl adjacent to an activating group) is 1. The zero-order chi connectivity index (χ0) is 18.8. The Hall–Kier alpha value is -1.73. The standard InChI is InChI=1S/C20H29N5OS/c1-15-16-18(24-8-6-4-3-5-7-9-24)21-14-22-19(16)27-17(15)20(26)25-12-10-23(2)11-13-25/h14H,3-13H2,1-2H3. The summed E-state index contributed by atoms with van der Waals surface area (Å²) in [6.07, 6.45) is 8.01. The van der Waals surface area contributed by atoms with E-state index >= 15 is 0 Å². The minimum Gasteiger partial charge on any atom is -0.356 e. The maximum atomic E-state index is 13.1. The van der Waals surface area contributed by atoms with E-state index in [1.165, 1.54) is 43.4 Å². The fourth-order valence-corrected chi connectivity index (χ4v) is 5.22. The first-order chi connectivity index (χ1) is 13.1. The zero-order valence-electron chi connectivity index (χ0n) is 16.4. The predicted octanol–water partition coefficient (Wildman–Crippen LogP) is 3.16. The Balaban J connectivity index is 1.66. The summed E-state index contributed by atoms with van der Waals surface area (Å²) in [5, 5.41) is 1.08. The number of nitrogens with zero attached hydrogens (tertiary/aromatic N) is 5. The van der Waals surface area contributed by atoms with Crippen molar-refractivity contribution in [1.82, 2.24) is 19.8 Å². The minimum atomic E-state index is 0.155. The van der Waals surface area contributed by atoms with E-state index in [1.807, 2.05) is 4.90 Å². The largest absolute Gasteiger partial charge is 0.356 e. The number of hydrogen-bond acceptors (Lipinski definition) is 6.